The minimum atomic E-state index is -0.499. The Morgan fingerprint density at radius 2 is 2.13 bits per heavy atom. The largest absolute Gasteiger partial charge is 0.496 e. The van der Waals surface area contributed by atoms with E-state index in [1.54, 1.807) is 19.2 Å². The minimum absolute atomic E-state index is 0. The predicted molar refractivity (Wildman–Crippen MR) is 59.6 cm³/mol. The molecule has 0 radical (unpaired) electrons. The molecule has 0 atom stereocenters. The summed E-state index contributed by atoms with van der Waals surface area (Å²) in [7, 11) is 1.56. The van der Waals surface area contributed by atoms with E-state index in [-0.39, 0.29) is 19.0 Å². The monoisotopic (exact) mass is 235 g/mol. The molecule has 0 amide bonds. The molecule has 0 spiro atoms. The first-order valence-corrected chi connectivity index (χ1v) is 4.37. The molecule has 0 unspecified atom stereocenters. The van der Waals surface area contributed by atoms with Gasteiger partial charge in [-0.3, -0.25) is 0 Å². The number of methoxy groups -OCH3 is 1. The smallest absolute Gasteiger partial charge is 0.127 e. The van der Waals surface area contributed by atoms with Crippen LogP contribution in [0.1, 0.15) is 5.56 Å². The molecule has 0 saturated carbocycles. The van der Waals surface area contributed by atoms with E-state index < -0.39 is 6.67 Å². The molecule has 0 fully saturated rings. The van der Waals surface area contributed by atoms with E-state index in [9.17, 15) is 4.39 Å². The molecule has 86 valence electrons. The fourth-order valence-electron chi connectivity index (χ4n) is 1.14. The number of halogens is 2. The fourth-order valence-corrected chi connectivity index (χ4v) is 1.14. The Hall–Kier alpha value is -1.00. The normalized spacial score (nSPS) is 9.27. The Labute approximate surface area is 94.8 Å². The van der Waals surface area contributed by atoms with Gasteiger partial charge in [0, 0.05) is 18.2 Å². The Bertz CT molecular complexity index is 297. The van der Waals surface area contributed by atoms with Crippen LogP contribution in [0.4, 0.5) is 4.39 Å². The third-order valence-electron chi connectivity index (χ3n) is 1.82. The van der Waals surface area contributed by atoms with Gasteiger partial charge in [0.2, 0.25) is 0 Å². The van der Waals surface area contributed by atoms with Crippen molar-refractivity contribution in [1.29, 1.82) is 0 Å². The Morgan fingerprint density at radius 1 is 1.40 bits per heavy atom. The summed E-state index contributed by atoms with van der Waals surface area (Å²) in [5.41, 5.74) is 6.40. The van der Waals surface area contributed by atoms with Crippen molar-refractivity contribution >= 4 is 12.4 Å². The highest BCUT2D eigenvalue weighted by molar-refractivity contribution is 5.85. The standard InChI is InChI=1S/C10H14FNO2.ClH/c1-13-10-6-9(14-5-4-11)3-2-8(10)7-12;/h2-3,6H,4-5,7,12H2,1H3;1H. The lowest BCUT2D eigenvalue weighted by molar-refractivity contribution is 0.272. The lowest BCUT2D eigenvalue weighted by atomic mass is 10.2. The second kappa shape index (κ2) is 7.31. The van der Waals surface area contributed by atoms with Crippen LogP contribution in [-0.4, -0.2) is 20.4 Å². The summed E-state index contributed by atoms with van der Waals surface area (Å²) in [5, 5.41) is 0. The lowest BCUT2D eigenvalue weighted by Crippen LogP contribution is -2.02. The zero-order valence-electron chi connectivity index (χ0n) is 8.53. The molecule has 0 aromatic heterocycles. The molecule has 0 aliphatic heterocycles. The molecular weight excluding hydrogens is 221 g/mol. The van der Waals surface area contributed by atoms with E-state index in [4.69, 9.17) is 15.2 Å². The molecule has 2 N–H and O–H groups in total. The molecule has 1 aromatic carbocycles. The zero-order chi connectivity index (χ0) is 10.4. The number of ether oxygens (including phenoxy) is 2. The van der Waals surface area contributed by atoms with Crippen molar-refractivity contribution in [3.63, 3.8) is 0 Å². The third kappa shape index (κ3) is 3.93. The van der Waals surface area contributed by atoms with Gasteiger partial charge in [-0.15, -0.1) is 12.4 Å². The second-order valence-corrected chi connectivity index (χ2v) is 2.72. The van der Waals surface area contributed by atoms with E-state index in [2.05, 4.69) is 0 Å². The van der Waals surface area contributed by atoms with Gasteiger partial charge in [-0.25, -0.2) is 4.39 Å². The molecular formula is C10H15ClFNO2. The summed E-state index contributed by atoms with van der Waals surface area (Å²) in [6, 6.07) is 5.27. The summed E-state index contributed by atoms with van der Waals surface area (Å²) in [6.45, 7) is -0.0291. The fraction of sp³-hybridized carbons (Fsp3) is 0.400. The number of hydrogen-bond acceptors (Lipinski definition) is 3. The van der Waals surface area contributed by atoms with Gasteiger partial charge in [0.25, 0.3) is 0 Å². The van der Waals surface area contributed by atoms with Gasteiger partial charge in [-0.2, -0.15) is 0 Å². The first-order valence-electron chi connectivity index (χ1n) is 4.37. The van der Waals surface area contributed by atoms with Crippen LogP contribution in [0.15, 0.2) is 18.2 Å². The van der Waals surface area contributed by atoms with Crippen molar-refractivity contribution < 1.29 is 13.9 Å². The summed E-state index contributed by atoms with van der Waals surface area (Å²) in [6.07, 6.45) is 0. The molecule has 1 aromatic rings. The van der Waals surface area contributed by atoms with Crippen LogP contribution in [-0.2, 0) is 6.54 Å². The molecule has 0 aliphatic carbocycles. The number of rotatable bonds is 5. The maximum absolute atomic E-state index is 11.8. The van der Waals surface area contributed by atoms with Gasteiger partial charge >= 0.3 is 0 Å². The minimum Gasteiger partial charge on any atom is -0.496 e. The Kier molecular flexibility index (Phi) is 6.83. The van der Waals surface area contributed by atoms with Gasteiger partial charge in [0.1, 0.15) is 24.8 Å². The number of nitrogens with two attached hydrogens (primary N) is 1. The van der Waals surface area contributed by atoms with Crippen molar-refractivity contribution in [3.8, 4) is 11.5 Å². The number of benzene rings is 1. The van der Waals surface area contributed by atoms with E-state index >= 15 is 0 Å². The van der Waals surface area contributed by atoms with Crippen LogP contribution in [0.25, 0.3) is 0 Å². The van der Waals surface area contributed by atoms with Gasteiger partial charge in [0.05, 0.1) is 7.11 Å². The molecule has 1 rings (SSSR count). The van der Waals surface area contributed by atoms with E-state index in [1.807, 2.05) is 6.07 Å². The van der Waals surface area contributed by atoms with Gasteiger partial charge in [-0.1, -0.05) is 6.07 Å². The zero-order valence-corrected chi connectivity index (χ0v) is 9.35. The van der Waals surface area contributed by atoms with Crippen LogP contribution >= 0.6 is 12.4 Å². The molecule has 3 nitrogen and oxygen atoms in total. The maximum atomic E-state index is 11.8. The number of alkyl halides is 1. The molecule has 0 bridgehead atoms. The average molecular weight is 236 g/mol. The predicted octanol–water partition coefficient (Wildman–Crippen LogP) is 1.92. The van der Waals surface area contributed by atoms with Crippen molar-refractivity contribution in [2.75, 3.05) is 20.4 Å². The lowest BCUT2D eigenvalue weighted by Gasteiger charge is -2.09. The molecule has 5 heteroatoms. The summed E-state index contributed by atoms with van der Waals surface area (Å²) in [4.78, 5) is 0. The molecule has 0 aliphatic rings. The third-order valence-corrected chi connectivity index (χ3v) is 1.82. The first-order chi connectivity index (χ1) is 6.81. The highest BCUT2D eigenvalue weighted by Crippen LogP contribution is 2.24. The first kappa shape index (κ1) is 14.0. The van der Waals surface area contributed by atoms with Gasteiger partial charge in [0.15, 0.2) is 0 Å². The summed E-state index contributed by atoms with van der Waals surface area (Å²) < 4.78 is 22.0. The highest BCUT2D eigenvalue weighted by Gasteiger charge is 2.03. The Balaban J connectivity index is 0.00000196. The molecule has 0 saturated heterocycles. The van der Waals surface area contributed by atoms with E-state index in [0.29, 0.717) is 18.0 Å². The maximum Gasteiger partial charge on any atom is 0.127 e. The summed E-state index contributed by atoms with van der Waals surface area (Å²) in [5.74, 6) is 1.26. The van der Waals surface area contributed by atoms with Crippen LogP contribution in [0.2, 0.25) is 0 Å². The second-order valence-electron chi connectivity index (χ2n) is 2.72. The summed E-state index contributed by atoms with van der Waals surface area (Å²) >= 11 is 0. The van der Waals surface area contributed by atoms with Crippen molar-refractivity contribution in [2.24, 2.45) is 5.73 Å². The van der Waals surface area contributed by atoms with Crippen LogP contribution in [0.5, 0.6) is 11.5 Å². The topological polar surface area (TPSA) is 44.5 Å². The van der Waals surface area contributed by atoms with Gasteiger partial charge < -0.3 is 15.2 Å². The van der Waals surface area contributed by atoms with Crippen LogP contribution in [0.3, 0.4) is 0 Å². The van der Waals surface area contributed by atoms with Crippen LogP contribution in [0, 0.1) is 0 Å². The SMILES string of the molecule is COc1cc(OCCF)ccc1CN.Cl. The Morgan fingerprint density at radius 3 is 2.67 bits per heavy atom. The van der Waals surface area contributed by atoms with Gasteiger partial charge in [-0.05, 0) is 6.07 Å². The highest BCUT2D eigenvalue weighted by atomic mass is 35.5. The molecule has 0 heterocycles. The molecule has 15 heavy (non-hydrogen) atoms. The van der Waals surface area contributed by atoms with Crippen molar-refractivity contribution in [2.45, 2.75) is 6.54 Å². The van der Waals surface area contributed by atoms with Crippen molar-refractivity contribution in [1.82, 2.24) is 0 Å². The van der Waals surface area contributed by atoms with E-state index in [0.717, 1.165) is 5.56 Å². The van der Waals surface area contributed by atoms with Crippen molar-refractivity contribution in [3.05, 3.63) is 23.8 Å². The average Bonchev–Trinajstić information content (AvgIpc) is 2.25. The quantitative estimate of drug-likeness (QED) is 0.848. The van der Waals surface area contributed by atoms with Crippen LogP contribution < -0.4 is 15.2 Å². The number of hydrogen-bond donors (Lipinski definition) is 1. The van der Waals surface area contributed by atoms with E-state index in [1.165, 1.54) is 0 Å².